The van der Waals surface area contributed by atoms with Gasteiger partial charge in [-0.15, -0.1) is 0 Å². The Balaban J connectivity index is 1.07. The molecule has 0 aliphatic heterocycles. The van der Waals surface area contributed by atoms with Gasteiger partial charge in [0.15, 0.2) is 0 Å². The molecule has 0 aromatic heterocycles. The van der Waals surface area contributed by atoms with Gasteiger partial charge in [0, 0.05) is 11.4 Å². The van der Waals surface area contributed by atoms with Crippen molar-refractivity contribution in [2.75, 3.05) is 11.5 Å². The van der Waals surface area contributed by atoms with E-state index in [-0.39, 0.29) is 9.79 Å². The molecular formula is C42H40N2O5S. The Morgan fingerprint density at radius 3 is 1.14 bits per heavy atom. The number of nitrogen functional groups attached to an aromatic ring is 2. The van der Waals surface area contributed by atoms with Crippen molar-refractivity contribution in [3.05, 3.63) is 157 Å². The van der Waals surface area contributed by atoms with E-state index >= 15 is 0 Å². The minimum Gasteiger partial charge on any atom is -0.483 e. The van der Waals surface area contributed by atoms with Gasteiger partial charge in [0.2, 0.25) is 9.84 Å². The lowest BCUT2D eigenvalue weighted by atomic mass is 9.95. The summed E-state index contributed by atoms with van der Waals surface area (Å²) in [5, 5.41) is 0. The summed E-state index contributed by atoms with van der Waals surface area (Å²) >= 11 is 0. The highest BCUT2D eigenvalue weighted by Gasteiger charge is 2.24. The largest absolute Gasteiger partial charge is 0.483 e. The maximum Gasteiger partial charge on any atom is 0.206 e. The summed E-state index contributed by atoms with van der Waals surface area (Å²) in [5.41, 5.74) is 15.9. The lowest BCUT2D eigenvalue weighted by Crippen LogP contribution is -2.25. The Kier molecular flexibility index (Phi) is 9.32. The van der Waals surface area contributed by atoms with Crippen LogP contribution in [0.1, 0.15) is 38.8 Å². The fourth-order valence-electron chi connectivity index (χ4n) is 5.55. The average molecular weight is 685 g/mol. The van der Waals surface area contributed by atoms with Gasteiger partial charge in [-0.25, -0.2) is 8.42 Å². The fourth-order valence-corrected chi connectivity index (χ4v) is 6.81. The molecule has 0 aliphatic carbocycles. The van der Waals surface area contributed by atoms with Gasteiger partial charge in [0.25, 0.3) is 0 Å². The highest BCUT2D eigenvalue weighted by molar-refractivity contribution is 7.91. The van der Waals surface area contributed by atoms with Crippen molar-refractivity contribution < 1.29 is 22.6 Å². The van der Waals surface area contributed by atoms with Gasteiger partial charge < -0.3 is 25.7 Å². The first-order valence-electron chi connectivity index (χ1n) is 16.2. The average Bonchev–Trinajstić information content (AvgIpc) is 3.10. The van der Waals surface area contributed by atoms with Crippen LogP contribution in [0.15, 0.2) is 155 Å². The molecule has 0 saturated heterocycles. The molecule has 0 heterocycles. The molecule has 0 spiro atoms. The molecule has 0 unspecified atom stereocenters. The summed E-state index contributed by atoms with van der Waals surface area (Å²) in [4.78, 5) is 0.340. The van der Waals surface area contributed by atoms with Crippen LogP contribution in [-0.2, 0) is 21.0 Å². The molecule has 6 aromatic carbocycles. The van der Waals surface area contributed by atoms with Crippen molar-refractivity contribution in [3.8, 4) is 34.1 Å². The first kappa shape index (κ1) is 34.1. The van der Waals surface area contributed by atoms with E-state index in [1.54, 1.807) is 48.5 Å². The number of hydrogen-bond donors (Lipinski definition) is 2. The van der Waals surface area contributed by atoms with Crippen molar-refractivity contribution in [2.24, 2.45) is 0 Å². The van der Waals surface area contributed by atoms with E-state index in [2.05, 4.69) is 24.3 Å². The number of nitrogens with two attached hydrogens (primary N) is 2. The highest BCUT2D eigenvalue weighted by Crippen LogP contribution is 2.33. The monoisotopic (exact) mass is 684 g/mol. The molecule has 6 aromatic rings. The third-order valence-electron chi connectivity index (χ3n) is 8.50. The molecule has 254 valence electrons. The summed E-state index contributed by atoms with van der Waals surface area (Å²) in [5.74, 6) is 2.48. The Labute approximate surface area is 294 Å². The van der Waals surface area contributed by atoms with E-state index in [1.807, 2.05) is 100 Å². The molecule has 0 atom stereocenters. The molecule has 6 rings (SSSR count). The Morgan fingerprint density at radius 2 is 0.720 bits per heavy atom. The topological polar surface area (TPSA) is 114 Å². The van der Waals surface area contributed by atoms with Gasteiger partial charge in [0.05, 0.1) is 9.79 Å². The SMILES string of the molecule is CC(C)(Oc1ccc(S(=O)(=O)c2ccc(Oc3ccc(-c4ccc(C(C)(C)Oc5ccc(N)cc5)cc4)cc3)cc2)cc1)c1ccc(N)cc1. The van der Waals surface area contributed by atoms with Crippen molar-refractivity contribution in [3.63, 3.8) is 0 Å². The summed E-state index contributed by atoms with van der Waals surface area (Å²) < 4.78 is 45.2. The maximum absolute atomic E-state index is 13.4. The molecule has 0 fully saturated rings. The second kappa shape index (κ2) is 13.6. The van der Waals surface area contributed by atoms with Crippen LogP contribution in [-0.4, -0.2) is 8.42 Å². The zero-order valence-corrected chi connectivity index (χ0v) is 29.3. The standard InChI is InChI=1S/C42H40N2O5S/c1-41(2,48-37-19-15-34(44)16-20-37)31-9-5-29(6-10-31)30-7-17-35(18-8-30)47-36-21-25-39(26-22-36)50(45,46)40-27-23-38(24-28-40)49-42(3,4)32-11-13-33(43)14-12-32/h5-28H,43-44H2,1-4H3. The number of anilines is 2. The first-order chi connectivity index (χ1) is 23.8. The third kappa shape index (κ3) is 7.77. The van der Waals surface area contributed by atoms with Gasteiger partial charge in [-0.3, -0.25) is 0 Å². The number of rotatable bonds is 11. The number of hydrogen-bond acceptors (Lipinski definition) is 7. The van der Waals surface area contributed by atoms with E-state index in [4.69, 9.17) is 25.7 Å². The van der Waals surface area contributed by atoms with E-state index in [0.29, 0.717) is 28.6 Å². The summed E-state index contributed by atoms with van der Waals surface area (Å²) in [6.45, 7) is 7.96. The molecular weight excluding hydrogens is 645 g/mol. The predicted octanol–water partition coefficient (Wildman–Crippen LogP) is 9.77. The van der Waals surface area contributed by atoms with Gasteiger partial charge in [-0.05, 0) is 147 Å². The zero-order chi connectivity index (χ0) is 35.5. The van der Waals surface area contributed by atoms with Crippen LogP contribution < -0.4 is 25.7 Å². The second-order valence-corrected chi connectivity index (χ2v) is 15.0. The van der Waals surface area contributed by atoms with Crippen molar-refractivity contribution in [1.82, 2.24) is 0 Å². The normalized spacial score (nSPS) is 11.9. The molecule has 0 radical (unpaired) electrons. The van der Waals surface area contributed by atoms with Gasteiger partial charge in [-0.1, -0.05) is 48.5 Å². The second-order valence-electron chi connectivity index (χ2n) is 13.1. The zero-order valence-electron chi connectivity index (χ0n) is 28.5. The van der Waals surface area contributed by atoms with Gasteiger partial charge in [0.1, 0.15) is 34.2 Å². The number of sulfone groups is 1. The Morgan fingerprint density at radius 1 is 0.420 bits per heavy atom. The molecule has 0 amide bonds. The maximum atomic E-state index is 13.4. The molecule has 50 heavy (non-hydrogen) atoms. The van der Waals surface area contributed by atoms with E-state index in [0.717, 1.165) is 28.0 Å². The van der Waals surface area contributed by atoms with Gasteiger partial charge >= 0.3 is 0 Å². The minimum absolute atomic E-state index is 0.168. The van der Waals surface area contributed by atoms with Crippen LogP contribution in [0.4, 0.5) is 11.4 Å². The fraction of sp³-hybridized carbons (Fsp3) is 0.143. The van der Waals surface area contributed by atoms with Crippen LogP contribution in [0.25, 0.3) is 11.1 Å². The van der Waals surface area contributed by atoms with Crippen molar-refractivity contribution >= 4 is 21.2 Å². The number of benzene rings is 6. The molecule has 8 heteroatoms. The summed E-state index contributed by atoms with van der Waals surface area (Å²) in [6, 6.07) is 43.8. The van der Waals surface area contributed by atoms with E-state index in [1.165, 1.54) is 0 Å². The first-order valence-corrected chi connectivity index (χ1v) is 17.7. The van der Waals surface area contributed by atoms with Crippen LogP contribution in [0.2, 0.25) is 0 Å². The number of ether oxygens (including phenoxy) is 3. The van der Waals surface area contributed by atoms with Crippen LogP contribution in [0.3, 0.4) is 0 Å². The quantitative estimate of drug-likeness (QED) is 0.131. The highest BCUT2D eigenvalue weighted by atomic mass is 32.2. The molecule has 0 aliphatic rings. The Hall–Kier alpha value is -5.73. The van der Waals surface area contributed by atoms with E-state index < -0.39 is 21.0 Å². The minimum atomic E-state index is -3.75. The van der Waals surface area contributed by atoms with Crippen LogP contribution in [0.5, 0.6) is 23.0 Å². The summed E-state index contributed by atoms with van der Waals surface area (Å²) in [6.07, 6.45) is 0. The van der Waals surface area contributed by atoms with Crippen molar-refractivity contribution in [1.29, 1.82) is 0 Å². The molecule has 7 nitrogen and oxygen atoms in total. The predicted molar refractivity (Wildman–Crippen MR) is 199 cm³/mol. The van der Waals surface area contributed by atoms with E-state index in [9.17, 15) is 8.42 Å². The molecule has 0 bridgehead atoms. The smallest absolute Gasteiger partial charge is 0.206 e. The van der Waals surface area contributed by atoms with Crippen molar-refractivity contribution in [2.45, 2.75) is 48.7 Å². The summed E-state index contributed by atoms with van der Waals surface area (Å²) in [7, 11) is -3.75. The molecule has 0 saturated carbocycles. The Bertz CT molecular complexity index is 2160. The third-order valence-corrected chi connectivity index (χ3v) is 10.3. The van der Waals surface area contributed by atoms with Crippen LogP contribution >= 0.6 is 0 Å². The lowest BCUT2D eigenvalue weighted by Gasteiger charge is -2.27. The molecule has 4 N–H and O–H groups in total. The van der Waals surface area contributed by atoms with Crippen LogP contribution in [0, 0.1) is 0 Å². The lowest BCUT2D eigenvalue weighted by molar-refractivity contribution is 0.108. The van der Waals surface area contributed by atoms with Gasteiger partial charge in [-0.2, -0.15) is 0 Å².